The molecule has 0 aromatic heterocycles. The lowest BCUT2D eigenvalue weighted by Crippen LogP contribution is -2.35. The predicted molar refractivity (Wildman–Crippen MR) is 49.4 cm³/mol. The van der Waals surface area contributed by atoms with Gasteiger partial charge in [0.05, 0.1) is 12.2 Å². The quantitative estimate of drug-likeness (QED) is 0.448. The molecule has 5 nitrogen and oxygen atoms in total. The van der Waals surface area contributed by atoms with Crippen LogP contribution in [0.15, 0.2) is 0 Å². The van der Waals surface area contributed by atoms with E-state index >= 15 is 0 Å². The third kappa shape index (κ3) is 2.43. The maximum atomic E-state index is 10.6. The summed E-state index contributed by atoms with van der Waals surface area (Å²) in [6.45, 7) is 1.63. The molecule has 82 valence electrons. The number of carbonyl (C=O) groups is 1. The number of hydrogen-bond acceptors (Lipinski definition) is 4. The average Bonchev–Trinajstić information content (AvgIpc) is 2.41. The molecule has 0 heterocycles. The second-order valence-electron chi connectivity index (χ2n) is 3.86. The molecular weight excluding hydrogens is 186 g/mol. The van der Waals surface area contributed by atoms with Crippen molar-refractivity contribution >= 4 is 5.91 Å². The molecule has 1 saturated carbocycles. The van der Waals surface area contributed by atoms with E-state index in [4.69, 9.17) is 5.11 Å². The highest BCUT2D eigenvalue weighted by Crippen LogP contribution is 2.30. The molecule has 1 aliphatic rings. The lowest BCUT2D eigenvalue weighted by Gasteiger charge is -2.16. The van der Waals surface area contributed by atoms with E-state index in [2.05, 4.69) is 5.32 Å². The molecule has 0 unspecified atom stereocenters. The van der Waals surface area contributed by atoms with Crippen molar-refractivity contribution in [2.24, 2.45) is 11.8 Å². The van der Waals surface area contributed by atoms with Crippen LogP contribution in [0.4, 0.5) is 0 Å². The van der Waals surface area contributed by atoms with E-state index in [1.807, 2.05) is 0 Å². The molecule has 0 aromatic carbocycles. The lowest BCUT2D eigenvalue weighted by molar-refractivity contribution is -0.119. The van der Waals surface area contributed by atoms with Crippen LogP contribution in [-0.2, 0) is 4.79 Å². The standard InChI is InChI=1S/C9H17NO4/c1-5(12)10-3-6-2-7(4-11)9(14)8(6)13/h6-9,11,13-14H,2-4H2,1H3,(H,10,12)/t6-,7-,8-,9-/m1/s1. The SMILES string of the molecule is CC(=O)NC[C@H]1C[C@H](CO)[C@@H](O)[C@@H]1O. The van der Waals surface area contributed by atoms with Crippen LogP contribution in [-0.4, -0.2) is 46.6 Å². The molecule has 1 fully saturated rings. The summed E-state index contributed by atoms with van der Waals surface area (Å²) in [4.78, 5) is 10.6. The topological polar surface area (TPSA) is 89.8 Å². The number of hydrogen-bond donors (Lipinski definition) is 4. The van der Waals surface area contributed by atoms with Crippen LogP contribution in [0.25, 0.3) is 0 Å². The van der Waals surface area contributed by atoms with Gasteiger partial charge in [-0.3, -0.25) is 4.79 Å². The van der Waals surface area contributed by atoms with Gasteiger partial charge in [0.25, 0.3) is 0 Å². The van der Waals surface area contributed by atoms with Crippen LogP contribution in [0.5, 0.6) is 0 Å². The Balaban J connectivity index is 2.44. The molecule has 1 aliphatic carbocycles. The van der Waals surface area contributed by atoms with Crippen LogP contribution >= 0.6 is 0 Å². The molecule has 0 saturated heterocycles. The molecule has 1 amide bonds. The Hall–Kier alpha value is -0.650. The molecule has 5 heteroatoms. The lowest BCUT2D eigenvalue weighted by atomic mass is 10.0. The van der Waals surface area contributed by atoms with E-state index in [1.165, 1.54) is 6.92 Å². The Morgan fingerprint density at radius 1 is 1.36 bits per heavy atom. The normalized spacial score (nSPS) is 37.1. The summed E-state index contributed by atoms with van der Waals surface area (Å²) in [5.74, 6) is -0.589. The van der Waals surface area contributed by atoms with E-state index < -0.39 is 12.2 Å². The first-order valence-electron chi connectivity index (χ1n) is 4.77. The first-order valence-corrected chi connectivity index (χ1v) is 4.77. The van der Waals surface area contributed by atoms with E-state index in [-0.39, 0.29) is 24.3 Å². The van der Waals surface area contributed by atoms with Gasteiger partial charge in [-0.25, -0.2) is 0 Å². The minimum absolute atomic E-state index is 0.130. The summed E-state index contributed by atoms with van der Waals surface area (Å²) in [5.41, 5.74) is 0. The second-order valence-corrected chi connectivity index (χ2v) is 3.86. The highest BCUT2D eigenvalue weighted by atomic mass is 16.3. The van der Waals surface area contributed by atoms with Gasteiger partial charge in [0.2, 0.25) is 5.91 Å². The first kappa shape index (κ1) is 11.4. The zero-order chi connectivity index (χ0) is 10.7. The molecule has 0 bridgehead atoms. The van der Waals surface area contributed by atoms with Crippen LogP contribution < -0.4 is 5.32 Å². The summed E-state index contributed by atoms with van der Waals surface area (Å²) < 4.78 is 0. The Morgan fingerprint density at radius 2 is 1.93 bits per heavy atom. The minimum Gasteiger partial charge on any atom is -0.396 e. The van der Waals surface area contributed by atoms with Gasteiger partial charge < -0.3 is 20.6 Å². The van der Waals surface area contributed by atoms with Gasteiger partial charge in [0, 0.05) is 31.9 Å². The van der Waals surface area contributed by atoms with Crippen molar-refractivity contribution < 1.29 is 20.1 Å². The number of aliphatic hydroxyl groups is 3. The molecule has 4 atom stereocenters. The Labute approximate surface area is 82.7 Å². The summed E-state index contributed by atoms with van der Waals surface area (Å²) in [7, 11) is 0. The summed E-state index contributed by atoms with van der Waals surface area (Å²) in [6, 6.07) is 0. The second kappa shape index (κ2) is 4.72. The first-order chi connectivity index (χ1) is 6.56. The highest BCUT2D eigenvalue weighted by molar-refractivity contribution is 5.72. The van der Waals surface area contributed by atoms with Crippen molar-refractivity contribution in [2.45, 2.75) is 25.6 Å². The van der Waals surface area contributed by atoms with Crippen molar-refractivity contribution in [2.75, 3.05) is 13.2 Å². The van der Waals surface area contributed by atoms with E-state index in [0.717, 1.165) is 0 Å². The van der Waals surface area contributed by atoms with Gasteiger partial charge >= 0.3 is 0 Å². The fourth-order valence-corrected chi connectivity index (χ4v) is 1.89. The van der Waals surface area contributed by atoms with Gasteiger partial charge in [-0.05, 0) is 6.42 Å². The van der Waals surface area contributed by atoms with Crippen LogP contribution in [0.1, 0.15) is 13.3 Å². The maximum Gasteiger partial charge on any atom is 0.216 e. The number of rotatable bonds is 3. The van der Waals surface area contributed by atoms with Crippen molar-refractivity contribution in [1.82, 2.24) is 5.32 Å². The van der Waals surface area contributed by atoms with Crippen LogP contribution in [0.3, 0.4) is 0 Å². The molecule has 0 aliphatic heterocycles. The molecule has 4 N–H and O–H groups in total. The molecule has 14 heavy (non-hydrogen) atoms. The minimum atomic E-state index is -0.876. The third-order valence-electron chi connectivity index (χ3n) is 2.77. The molecular formula is C9H17NO4. The number of carbonyl (C=O) groups excluding carboxylic acids is 1. The Kier molecular flexibility index (Phi) is 3.86. The van der Waals surface area contributed by atoms with Crippen molar-refractivity contribution in [3.05, 3.63) is 0 Å². The van der Waals surface area contributed by atoms with Gasteiger partial charge in [0.1, 0.15) is 0 Å². The van der Waals surface area contributed by atoms with Crippen molar-refractivity contribution in [3.63, 3.8) is 0 Å². The van der Waals surface area contributed by atoms with E-state index in [1.54, 1.807) is 0 Å². The number of nitrogens with one attached hydrogen (secondary N) is 1. The fraction of sp³-hybridized carbons (Fsp3) is 0.889. The van der Waals surface area contributed by atoms with Crippen molar-refractivity contribution in [3.8, 4) is 0 Å². The zero-order valence-corrected chi connectivity index (χ0v) is 8.18. The van der Waals surface area contributed by atoms with Crippen LogP contribution in [0.2, 0.25) is 0 Å². The van der Waals surface area contributed by atoms with Gasteiger partial charge in [-0.15, -0.1) is 0 Å². The van der Waals surface area contributed by atoms with Gasteiger partial charge in [-0.1, -0.05) is 0 Å². The van der Waals surface area contributed by atoms with Gasteiger partial charge in [-0.2, -0.15) is 0 Å². The fourth-order valence-electron chi connectivity index (χ4n) is 1.89. The monoisotopic (exact) mass is 203 g/mol. The smallest absolute Gasteiger partial charge is 0.216 e. The molecule has 1 rings (SSSR count). The molecule has 0 aromatic rings. The maximum absolute atomic E-state index is 10.6. The molecule has 0 radical (unpaired) electrons. The third-order valence-corrected chi connectivity index (χ3v) is 2.77. The van der Waals surface area contributed by atoms with Gasteiger partial charge in [0.15, 0.2) is 0 Å². The van der Waals surface area contributed by atoms with Crippen LogP contribution in [0, 0.1) is 11.8 Å². The Bertz CT molecular complexity index is 209. The summed E-state index contributed by atoms with van der Waals surface area (Å²) >= 11 is 0. The van der Waals surface area contributed by atoms with Crippen molar-refractivity contribution in [1.29, 1.82) is 0 Å². The van der Waals surface area contributed by atoms with E-state index in [9.17, 15) is 15.0 Å². The number of amides is 1. The van der Waals surface area contributed by atoms with E-state index in [0.29, 0.717) is 13.0 Å². The Morgan fingerprint density at radius 3 is 2.36 bits per heavy atom. The molecule has 0 spiro atoms. The summed E-state index contributed by atoms with van der Waals surface area (Å²) in [6.07, 6.45) is -1.18. The largest absolute Gasteiger partial charge is 0.396 e. The number of aliphatic hydroxyl groups excluding tert-OH is 3. The summed E-state index contributed by atoms with van der Waals surface area (Å²) in [5, 5.41) is 30.5. The zero-order valence-electron chi connectivity index (χ0n) is 8.18. The predicted octanol–water partition coefficient (Wildman–Crippen LogP) is -1.53. The average molecular weight is 203 g/mol. The highest BCUT2D eigenvalue weighted by Gasteiger charge is 2.40.